The standard InChI is InChI=1S/C8H9N5O/c1-13-10-8(9-12-13)6-3-2-4-7(5-6)11-14/h2-5,11,14H,1H3. The molecule has 0 fully saturated rings. The Hall–Kier alpha value is -1.95. The normalized spacial score (nSPS) is 10.1. The van der Waals surface area contributed by atoms with Gasteiger partial charge in [-0.25, -0.2) is 0 Å². The van der Waals surface area contributed by atoms with Crippen LogP contribution in [0.15, 0.2) is 24.3 Å². The van der Waals surface area contributed by atoms with Gasteiger partial charge in [0.05, 0.1) is 12.7 Å². The Balaban J connectivity index is 2.41. The molecule has 1 heterocycles. The van der Waals surface area contributed by atoms with E-state index in [4.69, 9.17) is 5.21 Å². The highest BCUT2D eigenvalue weighted by molar-refractivity contribution is 5.60. The lowest BCUT2D eigenvalue weighted by molar-refractivity contribution is 0.389. The molecule has 6 heteroatoms. The Labute approximate surface area is 80.1 Å². The Morgan fingerprint density at radius 1 is 1.43 bits per heavy atom. The van der Waals surface area contributed by atoms with E-state index in [0.29, 0.717) is 11.5 Å². The minimum Gasteiger partial charge on any atom is -0.291 e. The molecule has 2 rings (SSSR count). The molecule has 0 unspecified atom stereocenters. The second kappa shape index (κ2) is 3.43. The maximum absolute atomic E-state index is 8.70. The van der Waals surface area contributed by atoms with Crippen molar-refractivity contribution >= 4 is 5.69 Å². The number of anilines is 1. The van der Waals surface area contributed by atoms with Gasteiger partial charge >= 0.3 is 0 Å². The van der Waals surface area contributed by atoms with Crippen LogP contribution in [0.3, 0.4) is 0 Å². The van der Waals surface area contributed by atoms with E-state index < -0.39 is 0 Å². The molecule has 0 aliphatic heterocycles. The van der Waals surface area contributed by atoms with E-state index in [1.54, 1.807) is 25.2 Å². The molecule has 0 aliphatic carbocycles. The molecule has 1 aromatic carbocycles. The van der Waals surface area contributed by atoms with Crippen LogP contribution in [0.5, 0.6) is 0 Å². The summed E-state index contributed by atoms with van der Waals surface area (Å²) < 4.78 is 0. The molecule has 0 spiro atoms. The number of nitrogens with one attached hydrogen (secondary N) is 1. The lowest BCUT2D eigenvalue weighted by Crippen LogP contribution is -1.92. The number of aromatic nitrogens is 4. The summed E-state index contributed by atoms with van der Waals surface area (Å²) in [6.45, 7) is 0. The van der Waals surface area contributed by atoms with Gasteiger partial charge in [0.15, 0.2) is 0 Å². The molecule has 0 aliphatic rings. The number of hydrogen-bond acceptors (Lipinski definition) is 5. The Morgan fingerprint density at radius 2 is 2.29 bits per heavy atom. The molecule has 72 valence electrons. The van der Waals surface area contributed by atoms with E-state index in [1.807, 2.05) is 6.07 Å². The van der Waals surface area contributed by atoms with Gasteiger partial charge in [-0.3, -0.25) is 10.7 Å². The van der Waals surface area contributed by atoms with E-state index in [1.165, 1.54) is 4.80 Å². The molecule has 0 amide bonds. The average Bonchev–Trinajstić information content (AvgIpc) is 2.65. The summed E-state index contributed by atoms with van der Waals surface area (Å²) in [5, 5.41) is 20.3. The largest absolute Gasteiger partial charge is 0.291 e. The summed E-state index contributed by atoms with van der Waals surface area (Å²) in [5.74, 6) is 0.532. The highest BCUT2D eigenvalue weighted by Crippen LogP contribution is 2.17. The van der Waals surface area contributed by atoms with Gasteiger partial charge in [-0.05, 0) is 17.3 Å². The van der Waals surface area contributed by atoms with Crippen molar-refractivity contribution in [1.82, 2.24) is 20.2 Å². The third-order valence-electron chi connectivity index (χ3n) is 1.76. The molecule has 0 bridgehead atoms. The first-order valence-corrected chi connectivity index (χ1v) is 4.04. The fourth-order valence-electron chi connectivity index (χ4n) is 1.13. The summed E-state index contributed by atoms with van der Waals surface area (Å²) in [6, 6.07) is 7.11. The fraction of sp³-hybridized carbons (Fsp3) is 0.125. The zero-order chi connectivity index (χ0) is 9.97. The average molecular weight is 191 g/mol. The summed E-state index contributed by atoms with van der Waals surface area (Å²) in [5.41, 5.74) is 3.46. The van der Waals surface area contributed by atoms with E-state index in [0.717, 1.165) is 5.56 Å². The topological polar surface area (TPSA) is 75.9 Å². The smallest absolute Gasteiger partial charge is 0.204 e. The fourth-order valence-corrected chi connectivity index (χ4v) is 1.13. The number of rotatable bonds is 2. The molecule has 6 nitrogen and oxygen atoms in total. The molecule has 0 radical (unpaired) electrons. The van der Waals surface area contributed by atoms with Crippen LogP contribution >= 0.6 is 0 Å². The maximum atomic E-state index is 8.70. The van der Waals surface area contributed by atoms with Crippen molar-refractivity contribution in [2.75, 3.05) is 5.48 Å². The summed E-state index contributed by atoms with van der Waals surface area (Å²) >= 11 is 0. The quantitative estimate of drug-likeness (QED) is 0.682. The third kappa shape index (κ3) is 1.55. The highest BCUT2D eigenvalue weighted by Gasteiger charge is 2.04. The lowest BCUT2D eigenvalue weighted by Gasteiger charge is -1.99. The van der Waals surface area contributed by atoms with E-state index in [9.17, 15) is 0 Å². The number of benzene rings is 1. The molecule has 1 aromatic heterocycles. The van der Waals surface area contributed by atoms with Gasteiger partial charge in [0.25, 0.3) is 0 Å². The number of tetrazole rings is 1. The van der Waals surface area contributed by atoms with E-state index in [2.05, 4.69) is 20.9 Å². The first kappa shape index (κ1) is 8.64. The van der Waals surface area contributed by atoms with Gasteiger partial charge in [0, 0.05) is 5.56 Å². The first-order chi connectivity index (χ1) is 6.79. The summed E-state index contributed by atoms with van der Waals surface area (Å²) in [7, 11) is 1.70. The van der Waals surface area contributed by atoms with Crippen molar-refractivity contribution in [3.05, 3.63) is 24.3 Å². The minimum atomic E-state index is 0.532. The molecule has 0 atom stereocenters. The molecule has 14 heavy (non-hydrogen) atoms. The predicted octanol–water partition coefficient (Wildman–Crippen LogP) is 0.678. The second-order valence-electron chi connectivity index (χ2n) is 2.80. The first-order valence-electron chi connectivity index (χ1n) is 4.04. The van der Waals surface area contributed by atoms with Crippen LogP contribution in [0.1, 0.15) is 0 Å². The van der Waals surface area contributed by atoms with Gasteiger partial charge in [0.1, 0.15) is 0 Å². The van der Waals surface area contributed by atoms with Crippen LogP contribution in [-0.4, -0.2) is 25.4 Å². The number of nitrogens with zero attached hydrogens (tertiary/aromatic N) is 4. The molecular formula is C8H9N5O. The van der Waals surface area contributed by atoms with Crippen LogP contribution in [0.4, 0.5) is 5.69 Å². The predicted molar refractivity (Wildman–Crippen MR) is 49.6 cm³/mol. The van der Waals surface area contributed by atoms with Crippen LogP contribution < -0.4 is 5.48 Å². The van der Waals surface area contributed by atoms with Gasteiger partial charge in [-0.15, -0.1) is 10.2 Å². The van der Waals surface area contributed by atoms with Crippen LogP contribution in [0.25, 0.3) is 11.4 Å². The highest BCUT2D eigenvalue weighted by atomic mass is 16.5. The number of aryl methyl sites for hydroxylation is 1. The van der Waals surface area contributed by atoms with Gasteiger partial charge in [0.2, 0.25) is 5.82 Å². The summed E-state index contributed by atoms with van der Waals surface area (Å²) in [6.07, 6.45) is 0. The minimum absolute atomic E-state index is 0.532. The van der Waals surface area contributed by atoms with Gasteiger partial charge < -0.3 is 0 Å². The lowest BCUT2D eigenvalue weighted by atomic mass is 10.2. The van der Waals surface area contributed by atoms with Gasteiger partial charge in [-0.2, -0.15) is 4.80 Å². The SMILES string of the molecule is Cn1nnc(-c2cccc(NO)c2)n1. The zero-order valence-corrected chi connectivity index (χ0v) is 7.55. The van der Waals surface area contributed by atoms with Crippen LogP contribution in [0, 0.1) is 0 Å². The molecule has 0 saturated heterocycles. The second-order valence-corrected chi connectivity index (χ2v) is 2.80. The monoisotopic (exact) mass is 191 g/mol. The van der Waals surface area contributed by atoms with Crippen molar-refractivity contribution in [1.29, 1.82) is 0 Å². The summed E-state index contributed by atoms with van der Waals surface area (Å²) in [4.78, 5) is 1.38. The van der Waals surface area contributed by atoms with Crippen LogP contribution in [-0.2, 0) is 7.05 Å². The molecule has 0 saturated carbocycles. The molecule has 2 N–H and O–H groups in total. The Bertz CT molecular complexity index is 439. The van der Waals surface area contributed by atoms with E-state index >= 15 is 0 Å². The Morgan fingerprint density at radius 3 is 2.93 bits per heavy atom. The maximum Gasteiger partial charge on any atom is 0.204 e. The van der Waals surface area contributed by atoms with Crippen molar-refractivity contribution in [3.63, 3.8) is 0 Å². The molecular weight excluding hydrogens is 182 g/mol. The Kier molecular flexibility index (Phi) is 2.11. The van der Waals surface area contributed by atoms with Crippen molar-refractivity contribution in [2.45, 2.75) is 0 Å². The van der Waals surface area contributed by atoms with Crippen molar-refractivity contribution in [3.8, 4) is 11.4 Å². The van der Waals surface area contributed by atoms with E-state index in [-0.39, 0.29) is 0 Å². The van der Waals surface area contributed by atoms with Crippen molar-refractivity contribution in [2.24, 2.45) is 7.05 Å². The van der Waals surface area contributed by atoms with Crippen LogP contribution in [0.2, 0.25) is 0 Å². The molecule has 2 aromatic rings. The van der Waals surface area contributed by atoms with Gasteiger partial charge in [-0.1, -0.05) is 12.1 Å². The third-order valence-corrected chi connectivity index (χ3v) is 1.76. The zero-order valence-electron chi connectivity index (χ0n) is 7.55. The van der Waals surface area contributed by atoms with Crippen molar-refractivity contribution < 1.29 is 5.21 Å². The number of hydrogen-bond donors (Lipinski definition) is 2.